The molecule has 1 aromatic carbocycles. The number of rotatable bonds is 7. The van der Waals surface area contributed by atoms with Crippen molar-refractivity contribution in [2.75, 3.05) is 18.0 Å². The number of aromatic nitrogens is 3. The van der Waals surface area contributed by atoms with E-state index in [2.05, 4.69) is 39.7 Å². The van der Waals surface area contributed by atoms with Crippen molar-refractivity contribution in [2.24, 2.45) is 5.73 Å². The molecule has 0 aliphatic carbocycles. The quantitative estimate of drug-likeness (QED) is 0.610. The van der Waals surface area contributed by atoms with Crippen LogP contribution in [0, 0.1) is 18.3 Å². The first-order chi connectivity index (χ1) is 14.7. The fourth-order valence-electron chi connectivity index (χ4n) is 4.14. The van der Waals surface area contributed by atoms with Crippen LogP contribution >= 0.6 is 0 Å². The Labute approximate surface area is 178 Å². The van der Waals surface area contributed by atoms with E-state index in [1.54, 1.807) is 0 Å². The molecule has 154 valence electrons. The predicted molar refractivity (Wildman–Crippen MR) is 119 cm³/mol. The molecule has 2 N–H and O–H groups in total. The molecule has 0 unspecified atom stereocenters. The number of anilines is 1. The van der Waals surface area contributed by atoms with Crippen molar-refractivity contribution in [2.45, 2.75) is 45.7 Å². The van der Waals surface area contributed by atoms with Gasteiger partial charge in [0.2, 0.25) is 0 Å². The maximum absolute atomic E-state index is 9.01. The van der Waals surface area contributed by atoms with Gasteiger partial charge >= 0.3 is 0 Å². The van der Waals surface area contributed by atoms with Crippen LogP contribution in [0.1, 0.15) is 41.8 Å². The van der Waals surface area contributed by atoms with Crippen molar-refractivity contribution in [1.82, 2.24) is 14.8 Å². The van der Waals surface area contributed by atoms with Gasteiger partial charge in [0, 0.05) is 54.8 Å². The molecule has 0 radical (unpaired) electrons. The molecule has 0 fully saturated rings. The van der Waals surface area contributed by atoms with Gasteiger partial charge in [-0.3, -0.25) is 9.67 Å². The Hall–Kier alpha value is -3.17. The lowest BCUT2D eigenvalue weighted by atomic mass is 10.0. The summed E-state index contributed by atoms with van der Waals surface area (Å²) in [5.41, 5.74) is 13.3. The van der Waals surface area contributed by atoms with Crippen LogP contribution in [0.5, 0.6) is 0 Å². The normalized spacial score (nSPS) is 13.2. The Bertz CT molecular complexity index is 1040. The monoisotopic (exact) mass is 400 g/mol. The number of hydrogen-bond acceptors (Lipinski definition) is 5. The molecule has 0 amide bonds. The summed E-state index contributed by atoms with van der Waals surface area (Å²) in [5.74, 6) is 0. The van der Waals surface area contributed by atoms with Gasteiger partial charge in [-0.15, -0.1) is 0 Å². The van der Waals surface area contributed by atoms with Gasteiger partial charge in [0.25, 0.3) is 0 Å². The van der Waals surface area contributed by atoms with Gasteiger partial charge in [0.1, 0.15) is 0 Å². The number of aryl methyl sites for hydroxylation is 2. The topological polar surface area (TPSA) is 83.8 Å². The third-order valence-electron chi connectivity index (χ3n) is 5.83. The second-order valence-corrected chi connectivity index (χ2v) is 7.84. The van der Waals surface area contributed by atoms with E-state index in [1.165, 1.54) is 16.9 Å². The molecule has 2 aromatic heterocycles. The number of fused-ring (bicyclic) bond motifs is 1. The minimum atomic E-state index is 0.661. The van der Waals surface area contributed by atoms with Crippen molar-refractivity contribution in [1.29, 1.82) is 5.26 Å². The van der Waals surface area contributed by atoms with Crippen LogP contribution in [0.15, 0.2) is 42.6 Å². The zero-order valence-electron chi connectivity index (χ0n) is 17.5. The van der Waals surface area contributed by atoms with Crippen molar-refractivity contribution >= 4 is 5.69 Å². The van der Waals surface area contributed by atoms with E-state index in [0.29, 0.717) is 5.56 Å². The maximum Gasteiger partial charge on any atom is 0.0991 e. The van der Waals surface area contributed by atoms with Gasteiger partial charge < -0.3 is 10.6 Å². The van der Waals surface area contributed by atoms with Crippen LogP contribution < -0.4 is 10.6 Å². The van der Waals surface area contributed by atoms with E-state index in [0.717, 1.165) is 68.8 Å². The molecule has 4 rings (SSSR count). The fraction of sp³-hybridized carbons (Fsp3) is 0.375. The number of nitrogens with two attached hydrogens (primary N) is 1. The first-order valence-electron chi connectivity index (χ1n) is 10.7. The Morgan fingerprint density at radius 2 is 1.97 bits per heavy atom. The third-order valence-corrected chi connectivity index (χ3v) is 5.83. The summed E-state index contributed by atoms with van der Waals surface area (Å²) in [6, 6.07) is 14.0. The molecule has 0 atom stereocenters. The summed E-state index contributed by atoms with van der Waals surface area (Å²) in [5, 5.41) is 13.8. The number of benzene rings is 1. The van der Waals surface area contributed by atoms with Crippen molar-refractivity contribution < 1.29 is 0 Å². The van der Waals surface area contributed by atoms with E-state index in [-0.39, 0.29) is 0 Å². The molecule has 6 nitrogen and oxygen atoms in total. The molecule has 3 aromatic rings. The lowest BCUT2D eigenvalue weighted by Gasteiger charge is -2.30. The Balaban J connectivity index is 1.51. The number of pyridine rings is 1. The SMILES string of the molecule is Cc1nn(CCCCCN)c2c1CN(c1ccnc(-c3ccc(C#N)cc3)c1)CC2. The zero-order valence-corrected chi connectivity index (χ0v) is 17.5. The summed E-state index contributed by atoms with van der Waals surface area (Å²) >= 11 is 0. The smallest absolute Gasteiger partial charge is 0.0991 e. The van der Waals surface area contributed by atoms with E-state index in [4.69, 9.17) is 16.1 Å². The molecule has 0 saturated heterocycles. The van der Waals surface area contributed by atoms with Gasteiger partial charge in [0.05, 0.1) is 23.0 Å². The number of nitriles is 1. The molecular weight excluding hydrogens is 372 g/mol. The Kier molecular flexibility index (Phi) is 6.10. The number of hydrogen-bond donors (Lipinski definition) is 1. The first-order valence-corrected chi connectivity index (χ1v) is 10.7. The van der Waals surface area contributed by atoms with Crippen molar-refractivity contribution in [3.05, 3.63) is 65.1 Å². The molecule has 0 bridgehead atoms. The summed E-state index contributed by atoms with van der Waals surface area (Å²) in [7, 11) is 0. The van der Waals surface area contributed by atoms with Crippen LogP contribution in [0.3, 0.4) is 0 Å². The molecule has 0 spiro atoms. The largest absolute Gasteiger partial charge is 0.367 e. The highest BCUT2D eigenvalue weighted by Crippen LogP contribution is 2.29. The fourth-order valence-corrected chi connectivity index (χ4v) is 4.14. The van der Waals surface area contributed by atoms with E-state index in [9.17, 15) is 0 Å². The van der Waals surface area contributed by atoms with Crippen LogP contribution in [-0.2, 0) is 19.5 Å². The highest BCUT2D eigenvalue weighted by molar-refractivity contribution is 5.65. The lowest BCUT2D eigenvalue weighted by Crippen LogP contribution is -2.31. The van der Waals surface area contributed by atoms with Crippen molar-refractivity contribution in [3.8, 4) is 17.3 Å². The second kappa shape index (κ2) is 9.10. The number of unbranched alkanes of at least 4 members (excludes halogenated alkanes) is 2. The lowest BCUT2D eigenvalue weighted by molar-refractivity contribution is 0.520. The molecule has 1 aliphatic heterocycles. The van der Waals surface area contributed by atoms with Crippen LogP contribution in [-0.4, -0.2) is 27.9 Å². The Morgan fingerprint density at radius 3 is 2.73 bits per heavy atom. The molecule has 6 heteroatoms. The average Bonchev–Trinajstić information content (AvgIpc) is 3.12. The highest BCUT2D eigenvalue weighted by atomic mass is 15.3. The summed E-state index contributed by atoms with van der Waals surface area (Å²) in [6.07, 6.45) is 6.24. The van der Waals surface area contributed by atoms with E-state index >= 15 is 0 Å². The molecular formula is C24H28N6. The van der Waals surface area contributed by atoms with Gasteiger partial charge in [-0.1, -0.05) is 18.6 Å². The van der Waals surface area contributed by atoms with E-state index in [1.807, 2.05) is 30.5 Å². The molecule has 1 aliphatic rings. The van der Waals surface area contributed by atoms with Gasteiger partial charge in [-0.2, -0.15) is 10.4 Å². The van der Waals surface area contributed by atoms with E-state index < -0.39 is 0 Å². The van der Waals surface area contributed by atoms with Gasteiger partial charge in [-0.25, -0.2) is 0 Å². The maximum atomic E-state index is 9.01. The minimum absolute atomic E-state index is 0.661. The van der Waals surface area contributed by atoms with Gasteiger partial charge in [-0.05, 0) is 50.6 Å². The average molecular weight is 401 g/mol. The highest BCUT2D eigenvalue weighted by Gasteiger charge is 2.23. The molecule has 0 saturated carbocycles. The third kappa shape index (κ3) is 4.22. The van der Waals surface area contributed by atoms with Crippen LogP contribution in [0.2, 0.25) is 0 Å². The predicted octanol–water partition coefficient (Wildman–Crippen LogP) is 3.82. The van der Waals surface area contributed by atoms with Crippen molar-refractivity contribution in [3.63, 3.8) is 0 Å². The number of nitrogens with zero attached hydrogens (tertiary/aromatic N) is 5. The summed E-state index contributed by atoms with van der Waals surface area (Å²) < 4.78 is 2.22. The zero-order chi connectivity index (χ0) is 20.9. The first kappa shape index (κ1) is 20.1. The summed E-state index contributed by atoms with van der Waals surface area (Å²) in [6.45, 7) is 5.71. The Morgan fingerprint density at radius 1 is 1.13 bits per heavy atom. The molecule has 30 heavy (non-hydrogen) atoms. The van der Waals surface area contributed by atoms with Crippen LogP contribution in [0.4, 0.5) is 5.69 Å². The summed E-state index contributed by atoms with van der Waals surface area (Å²) in [4.78, 5) is 6.95. The minimum Gasteiger partial charge on any atom is -0.367 e. The van der Waals surface area contributed by atoms with Crippen LogP contribution in [0.25, 0.3) is 11.3 Å². The second-order valence-electron chi connectivity index (χ2n) is 7.84. The van der Waals surface area contributed by atoms with Gasteiger partial charge in [0.15, 0.2) is 0 Å². The molecule has 3 heterocycles. The standard InChI is InChI=1S/C24H28N6/c1-18-22-17-29(14-10-24(22)30(28-18)13-4-2-3-11-25)21-9-12-27-23(15-21)20-7-5-19(16-26)6-8-20/h5-9,12,15H,2-4,10-11,13-14,17,25H2,1H3.